The lowest BCUT2D eigenvalue weighted by Gasteiger charge is -2.05. The van der Waals surface area contributed by atoms with Gasteiger partial charge in [0.05, 0.1) is 15.6 Å². The summed E-state index contributed by atoms with van der Waals surface area (Å²) < 4.78 is 32.9. The number of hydrogen-bond donors (Lipinski definition) is 2. The molecule has 0 atom stereocenters. The average molecular weight is 437 g/mol. The van der Waals surface area contributed by atoms with Crippen LogP contribution in [0.4, 0.5) is 14.5 Å². The minimum atomic E-state index is -1.31. The zero-order valence-corrected chi connectivity index (χ0v) is 16.0. The first-order valence-electron chi connectivity index (χ1n) is 8.32. The molecule has 6 nitrogen and oxygen atoms in total. The first-order valence-corrected chi connectivity index (χ1v) is 9.58. The number of anilines is 1. The van der Waals surface area contributed by atoms with Crippen LogP contribution in [0.5, 0.6) is 0 Å². The molecule has 1 aromatic carbocycles. The van der Waals surface area contributed by atoms with Gasteiger partial charge in [-0.25, -0.2) is 18.6 Å². The number of oxazole rings is 1. The summed E-state index contributed by atoms with van der Waals surface area (Å²) in [7, 11) is 0. The second-order valence-corrected chi connectivity index (χ2v) is 7.41. The van der Waals surface area contributed by atoms with Crippen molar-refractivity contribution in [3.05, 3.63) is 56.6 Å². The minimum absolute atomic E-state index is 0.0116. The Labute approximate surface area is 170 Å². The normalized spacial score (nSPS) is 13.0. The molecule has 4 rings (SSSR count). The van der Waals surface area contributed by atoms with Crippen LogP contribution in [-0.4, -0.2) is 22.0 Å². The van der Waals surface area contributed by atoms with Gasteiger partial charge in [-0.3, -0.25) is 4.79 Å². The molecule has 0 unspecified atom stereocenters. The molecule has 29 heavy (non-hydrogen) atoms. The maximum atomic E-state index is 13.8. The van der Waals surface area contributed by atoms with Crippen LogP contribution in [0.25, 0.3) is 22.3 Å². The third kappa shape index (κ3) is 3.54. The number of halogens is 3. The van der Waals surface area contributed by atoms with Gasteiger partial charge in [-0.1, -0.05) is 17.7 Å². The number of aromatic nitrogens is 1. The van der Waals surface area contributed by atoms with Crippen LogP contribution in [0.1, 0.15) is 33.9 Å². The van der Waals surface area contributed by atoms with Gasteiger partial charge in [-0.2, -0.15) is 0 Å². The molecule has 3 aromatic rings. The molecule has 0 spiro atoms. The summed E-state index contributed by atoms with van der Waals surface area (Å²) in [5.41, 5.74) is 0.237. The molecule has 0 radical (unpaired) electrons. The lowest BCUT2D eigenvalue weighted by Crippen LogP contribution is -2.26. The molecule has 0 aliphatic heterocycles. The molecule has 0 fully saturated rings. The number of thiophene rings is 1. The van der Waals surface area contributed by atoms with E-state index in [9.17, 15) is 23.5 Å². The van der Waals surface area contributed by atoms with Gasteiger partial charge in [-0.15, -0.1) is 11.3 Å². The van der Waals surface area contributed by atoms with Crippen molar-refractivity contribution < 1.29 is 27.9 Å². The van der Waals surface area contributed by atoms with Crippen LogP contribution >= 0.6 is 22.9 Å². The van der Waals surface area contributed by atoms with E-state index in [4.69, 9.17) is 16.0 Å². The van der Waals surface area contributed by atoms with Gasteiger partial charge in [0.1, 0.15) is 22.6 Å². The number of hydrogen-bond acceptors (Lipinski definition) is 5. The van der Waals surface area contributed by atoms with E-state index in [1.165, 1.54) is 17.5 Å². The van der Waals surface area contributed by atoms with Crippen molar-refractivity contribution in [3.8, 4) is 10.4 Å². The van der Waals surface area contributed by atoms with Crippen molar-refractivity contribution in [2.24, 2.45) is 0 Å². The average Bonchev–Trinajstić information content (AvgIpc) is 3.29. The fraction of sp³-hybridized carbons (Fsp3) is 0.105. The summed E-state index contributed by atoms with van der Waals surface area (Å²) in [4.78, 5) is 28.4. The SMILES string of the molecule is O=C(Nc1csc(-c2ccc(Cl)c(F)c2)c1C(=O)O)c1nc2c(o1)=CCCC=2F. The van der Waals surface area contributed by atoms with Crippen LogP contribution in [-0.2, 0) is 0 Å². The molecule has 0 saturated carbocycles. The van der Waals surface area contributed by atoms with E-state index >= 15 is 0 Å². The Morgan fingerprint density at radius 3 is 2.79 bits per heavy atom. The molecule has 10 heteroatoms. The number of rotatable bonds is 4. The Kier molecular flexibility index (Phi) is 4.93. The maximum absolute atomic E-state index is 13.8. The third-order valence-corrected chi connectivity index (χ3v) is 5.57. The Morgan fingerprint density at radius 2 is 2.10 bits per heavy atom. The molecule has 1 aliphatic carbocycles. The van der Waals surface area contributed by atoms with Crippen molar-refractivity contribution in [2.45, 2.75) is 12.8 Å². The molecule has 148 valence electrons. The highest BCUT2D eigenvalue weighted by atomic mass is 35.5. The van der Waals surface area contributed by atoms with Crippen molar-refractivity contribution in [2.75, 3.05) is 5.32 Å². The number of carbonyl (C=O) groups excluding carboxylic acids is 1. The van der Waals surface area contributed by atoms with E-state index < -0.39 is 23.5 Å². The molecule has 1 amide bonds. The maximum Gasteiger partial charge on any atom is 0.339 e. The summed E-state index contributed by atoms with van der Waals surface area (Å²) in [5, 5.41) is 13.3. The molecule has 2 N–H and O–H groups in total. The molecule has 0 bridgehead atoms. The zero-order chi connectivity index (χ0) is 20.7. The predicted octanol–water partition coefficient (Wildman–Crippen LogP) is 3.80. The number of aromatic carboxylic acids is 1. The van der Waals surface area contributed by atoms with Crippen molar-refractivity contribution in [1.82, 2.24) is 4.98 Å². The van der Waals surface area contributed by atoms with Gasteiger partial charge < -0.3 is 14.8 Å². The first-order chi connectivity index (χ1) is 13.8. The van der Waals surface area contributed by atoms with Gasteiger partial charge in [-0.05, 0) is 30.2 Å². The molecule has 2 heterocycles. The highest BCUT2D eigenvalue weighted by molar-refractivity contribution is 7.14. The van der Waals surface area contributed by atoms with Gasteiger partial charge in [0, 0.05) is 11.8 Å². The van der Waals surface area contributed by atoms with Crippen molar-refractivity contribution in [1.29, 1.82) is 0 Å². The lowest BCUT2D eigenvalue weighted by atomic mass is 10.1. The van der Waals surface area contributed by atoms with Gasteiger partial charge in [0.2, 0.25) is 0 Å². The number of carbonyl (C=O) groups is 2. The van der Waals surface area contributed by atoms with Crippen molar-refractivity contribution in [3.63, 3.8) is 0 Å². The quantitative estimate of drug-likeness (QED) is 0.649. The second-order valence-electron chi connectivity index (χ2n) is 6.12. The van der Waals surface area contributed by atoms with Gasteiger partial charge in [0.15, 0.2) is 5.42 Å². The predicted molar refractivity (Wildman–Crippen MR) is 104 cm³/mol. The minimum Gasteiger partial charge on any atom is -0.478 e. The fourth-order valence-electron chi connectivity index (χ4n) is 2.90. The Hall–Kier alpha value is -3.04. The highest BCUT2D eigenvalue weighted by Crippen LogP contribution is 2.37. The number of amides is 1. The first kappa shape index (κ1) is 19.3. The van der Waals surface area contributed by atoms with Crippen LogP contribution in [0.2, 0.25) is 5.02 Å². The monoisotopic (exact) mass is 436 g/mol. The lowest BCUT2D eigenvalue weighted by molar-refractivity contribution is 0.0699. The molecular formula is C19H11ClF2N2O4S. The van der Waals surface area contributed by atoms with E-state index in [0.717, 1.165) is 17.4 Å². The summed E-state index contributed by atoms with van der Waals surface area (Å²) in [6.07, 6.45) is 2.24. The standard InChI is InChI=1S/C19H11ClF2N2O4S/c20-9-5-4-8(6-11(9)22)16-14(19(26)27)12(7-29-16)23-17(25)18-24-15-10(21)2-1-3-13(15)28-18/h3-7H,1-2H2,(H,23,25)(H,26,27). The largest absolute Gasteiger partial charge is 0.478 e. The van der Waals surface area contributed by atoms with Crippen LogP contribution < -0.4 is 16.1 Å². The van der Waals surface area contributed by atoms with Crippen LogP contribution in [0, 0.1) is 5.82 Å². The second kappa shape index (κ2) is 7.41. The topological polar surface area (TPSA) is 92.4 Å². The Bertz CT molecular complexity index is 1280. The zero-order valence-electron chi connectivity index (χ0n) is 14.5. The summed E-state index contributed by atoms with van der Waals surface area (Å²) in [5.74, 6) is -3.69. The number of nitrogens with zero attached hydrogens (tertiary/aromatic N) is 1. The summed E-state index contributed by atoms with van der Waals surface area (Å²) in [6, 6.07) is 3.91. The molecular weight excluding hydrogens is 426 g/mol. The van der Waals surface area contributed by atoms with E-state index in [2.05, 4.69) is 10.3 Å². The highest BCUT2D eigenvalue weighted by Gasteiger charge is 2.24. The molecule has 0 saturated heterocycles. The Morgan fingerprint density at radius 1 is 1.31 bits per heavy atom. The fourth-order valence-corrected chi connectivity index (χ4v) is 4.01. The third-order valence-electron chi connectivity index (χ3n) is 4.23. The summed E-state index contributed by atoms with van der Waals surface area (Å²) in [6.45, 7) is 0. The van der Waals surface area contributed by atoms with E-state index in [1.807, 2.05) is 0 Å². The molecule has 1 aliphatic rings. The van der Waals surface area contributed by atoms with Crippen molar-refractivity contribution >= 4 is 52.4 Å². The number of carboxylic acid groups (broad SMARTS) is 1. The van der Waals surface area contributed by atoms with Crippen LogP contribution in [0.3, 0.4) is 0 Å². The number of fused-ring (bicyclic) bond motifs is 1. The number of benzene rings is 1. The van der Waals surface area contributed by atoms with Gasteiger partial charge >= 0.3 is 11.9 Å². The van der Waals surface area contributed by atoms with Crippen LogP contribution in [0.15, 0.2) is 28.0 Å². The molecule has 2 aromatic heterocycles. The van der Waals surface area contributed by atoms with E-state index in [1.54, 1.807) is 6.08 Å². The van der Waals surface area contributed by atoms with Gasteiger partial charge in [0.25, 0.3) is 5.89 Å². The summed E-state index contributed by atoms with van der Waals surface area (Å²) >= 11 is 6.68. The smallest absolute Gasteiger partial charge is 0.339 e. The number of carboxylic acids is 1. The number of nitrogens with one attached hydrogen (secondary N) is 1. The van der Waals surface area contributed by atoms with E-state index in [0.29, 0.717) is 12.0 Å². The Balaban J connectivity index is 1.70. The van der Waals surface area contributed by atoms with E-state index in [-0.39, 0.29) is 44.2 Å².